The molecule has 194 valence electrons. The van der Waals surface area contributed by atoms with Gasteiger partial charge in [0.2, 0.25) is 20.0 Å². The summed E-state index contributed by atoms with van der Waals surface area (Å²) in [5.41, 5.74) is 4.84. The lowest BCUT2D eigenvalue weighted by Crippen LogP contribution is -2.60. The maximum absolute atomic E-state index is 13.5. The van der Waals surface area contributed by atoms with Gasteiger partial charge in [-0.25, -0.2) is 22.3 Å². The predicted molar refractivity (Wildman–Crippen MR) is 141 cm³/mol. The third-order valence-electron chi connectivity index (χ3n) is 6.13. The summed E-state index contributed by atoms with van der Waals surface area (Å²) in [6.45, 7) is 3.03. The van der Waals surface area contributed by atoms with E-state index in [1.165, 1.54) is 24.3 Å². The molecule has 9 nitrogen and oxygen atoms in total. The molecular formula is C26H28N4O5S2. The van der Waals surface area contributed by atoms with Gasteiger partial charge in [-0.15, -0.1) is 0 Å². The molecular weight excluding hydrogens is 512 g/mol. The van der Waals surface area contributed by atoms with Crippen molar-refractivity contribution in [2.24, 2.45) is 5.10 Å². The minimum Gasteiger partial charge on any atom is -0.271 e. The summed E-state index contributed by atoms with van der Waals surface area (Å²) in [6.07, 6.45) is 0. The van der Waals surface area contributed by atoms with E-state index in [1.54, 1.807) is 43.3 Å². The number of benzene rings is 3. The smallest absolute Gasteiger partial charge is 0.259 e. The number of piperazine rings is 1. The molecule has 11 heteroatoms. The van der Waals surface area contributed by atoms with Crippen LogP contribution in [0.25, 0.3) is 0 Å². The minimum atomic E-state index is -4.08. The molecule has 37 heavy (non-hydrogen) atoms. The first-order valence-corrected chi connectivity index (χ1v) is 14.5. The van der Waals surface area contributed by atoms with E-state index in [0.717, 1.165) is 19.7 Å². The first-order valence-electron chi connectivity index (χ1n) is 11.6. The number of hydrazone groups is 1. The van der Waals surface area contributed by atoms with Crippen molar-refractivity contribution >= 4 is 31.7 Å². The Bertz CT molecular complexity index is 1490. The fraction of sp³-hybridized carbons (Fsp3) is 0.231. The summed E-state index contributed by atoms with van der Waals surface area (Å²) in [6, 6.07) is 21.8. The highest BCUT2D eigenvalue weighted by atomic mass is 32.2. The van der Waals surface area contributed by atoms with Crippen LogP contribution in [0.4, 0.5) is 0 Å². The fourth-order valence-corrected chi connectivity index (χ4v) is 7.05. The molecule has 1 heterocycles. The predicted octanol–water partition coefficient (Wildman–Crippen LogP) is 2.60. The van der Waals surface area contributed by atoms with Crippen molar-refractivity contribution in [3.05, 3.63) is 96.1 Å². The summed E-state index contributed by atoms with van der Waals surface area (Å²) in [7, 11) is -8.03. The number of amides is 1. The molecule has 0 radical (unpaired) electrons. The topological polar surface area (TPSA) is 116 Å². The average molecular weight is 541 g/mol. The van der Waals surface area contributed by atoms with E-state index in [-0.39, 0.29) is 29.4 Å². The largest absolute Gasteiger partial charge is 0.271 e. The van der Waals surface area contributed by atoms with Gasteiger partial charge in [0.25, 0.3) is 5.91 Å². The summed E-state index contributed by atoms with van der Waals surface area (Å²) >= 11 is 0. The van der Waals surface area contributed by atoms with E-state index >= 15 is 0 Å². The molecule has 0 unspecified atom stereocenters. The Morgan fingerprint density at radius 1 is 0.811 bits per heavy atom. The minimum absolute atomic E-state index is 0.0199. The number of nitrogens with one attached hydrogen (secondary N) is 1. The van der Waals surface area contributed by atoms with Gasteiger partial charge in [-0.3, -0.25) is 4.79 Å². The van der Waals surface area contributed by atoms with Gasteiger partial charge in [0, 0.05) is 19.6 Å². The highest BCUT2D eigenvalue weighted by Gasteiger charge is 2.43. The Balaban J connectivity index is 1.65. The van der Waals surface area contributed by atoms with Gasteiger partial charge in [-0.1, -0.05) is 66.2 Å². The SMILES string of the molecule is C/C(=N/NC(=O)[C@@H]1CN(S(=O)(=O)c2ccccc2)CCN1S(=O)(=O)c1ccccc1)c1ccc(C)cc1. The lowest BCUT2D eigenvalue weighted by molar-refractivity contribution is -0.125. The zero-order valence-electron chi connectivity index (χ0n) is 20.5. The van der Waals surface area contributed by atoms with Crippen LogP contribution < -0.4 is 5.43 Å². The molecule has 1 saturated heterocycles. The molecule has 0 aromatic heterocycles. The number of aryl methyl sites for hydroxylation is 1. The van der Waals surface area contributed by atoms with Crippen molar-refractivity contribution in [3.63, 3.8) is 0 Å². The van der Waals surface area contributed by atoms with Crippen LogP contribution in [-0.4, -0.2) is 62.7 Å². The van der Waals surface area contributed by atoms with Gasteiger partial charge < -0.3 is 0 Å². The van der Waals surface area contributed by atoms with E-state index in [4.69, 9.17) is 0 Å². The second-order valence-corrected chi connectivity index (χ2v) is 12.5. The first-order chi connectivity index (χ1) is 17.6. The summed E-state index contributed by atoms with van der Waals surface area (Å²) < 4.78 is 55.6. The lowest BCUT2D eigenvalue weighted by Gasteiger charge is -2.38. The third kappa shape index (κ3) is 5.80. The van der Waals surface area contributed by atoms with Gasteiger partial charge in [-0.2, -0.15) is 13.7 Å². The summed E-state index contributed by atoms with van der Waals surface area (Å²) in [5.74, 6) is -0.723. The van der Waals surface area contributed by atoms with Crippen LogP contribution in [-0.2, 0) is 24.8 Å². The van der Waals surface area contributed by atoms with Crippen molar-refractivity contribution in [1.82, 2.24) is 14.0 Å². The van der Waals surface area contributed by atoms with Crippen LogP contribution in [0.3, 0.4) is 0 Å². The van der Waals surface area contributed by atoms with E-state index in [9.17, 15) is 21.6 Å². The fourth-order valence-electron chi connectivity index (χ4n) is 4.00. The molecule has 3 aromatic carbocycles. The maximum atomic E-state index is 13.5. The normalized spacial score (nSPS) is 17.9. The average Bonchev–Trinajstić information content (AvgIpc) is 2.92. The number of hydrogen-bond acceptors (Lipinski definition) is 6. The molecule has 0 bridgehead atoms. The van der Waals surface area contributed by atoms with E-state index in [2.05, 4.69) is 10.5 Å². The van der Waals surface area contributed by atoms with Gasteiger partial charge >= 0.3 is 0 Å². The van der Waals surface area contributed by atoms with Crippen LogP contribution >= 0.6 is 0 Å². The number of hydrogen-bond donors (Lipinski definition) is 1. The number of sulfonamides is 2. The van der Waals surface area contributed by atoms with Gasteiger partial charge in [-0.05, 0) is 43.7 Å². The monoisotopic (exact) mass is 540 g/mol. The third-order valence-corrected chi connectivity index (χ3v) is 9.93. The van der Waals surface area contributed by atoms with E-state index in [1.807, 2.05) is 31.2 Å². The van der Waals surface area contributed by atoms with Crippen LogP contribution in [0.2, 0.25) is 0 Å². The van der Waals surface area contributed by atoms with Crippen molar-refractivity contribution in [3.8, 4) is 0 Å². The molecule has 1 aliphatic rings. The molecule has 1 aliphatic heterocycles. The Morgan fingerprint density at radius 2 is 1.35 bits per heavy atom. The standard InChI is InChI=1S/C26H28N4O5S2/c1-20-13-15-22(16-14-20)21(2)27-28-26(31)25-19-29(36(32,33)23-9-5-3-6-10-23)17-18-30(25)37(34,35)24-11-7-4-8-12-24/h3-16,25H,17-19H2,1-2H3,(H,28,31)/b27-21-/t25-/m0/s1. The van der Waals surface area contributed by atoms with Gasteiger partial charge in [0.1, 0.15) is 6.04 Å². The molecule has 1 N–H and O–H groups in total. The quantitative estimate of drug-likeness (QED) is 0.365. The summed E-state index contributed by atoms with van der Waals surface area (Å²) in [4.78, 5) is 13.4. The van der Waals surface area contributed by atoms with Gasteiger partial charge in [0.15, 0.2) is 0 Å². The molecule has 0 spiro atoms. The second-order valence-electron chi connectivity index (χ2n) is 8.66. The Hall–Kier alpha value is -3.38. The van der Waals surface area contributed by atoms with Crippen molar-refractivity contribution in [2.45, 2.75) is 29.7 Å². The molecule has 0 aliphatic carbocycles. The number of carbonyl (C=O) groups excluding carboxylic acids is 1. The zero-order valence-corrected chi connectivity index (χ0v) is 22.1. The second kappa shape index (κ2) is 10.9. The maximum Gasteiger partial charge on any atom is 0.259 e. The Morgan fingerprint density at radius 3 is 1.92 bits per heavy atom. The lowest BCUT2D eigenvalue weighted by atomic mass is 10.1. The molecule has 1 atom stereocenters. The Kier molecular flexibility index (Phi) is 7.88. The molecule has 1 amide bonds. The van der Waals surface area contributed by atoms with E-state index in [0.29, 0.717) is 5.71 Å². The zero-order chi connectivity index (χ0) is 26.6. The van der Waals surface area contributed by atoms with Gasteiger partial charge in [0.05, 0.1) is 15.5 Å². The number of rotatable bonds is 7. The summed E-state index contributed by atoms with van der Waals surface area (Å²) in [5, 5.41) is 4.16. The van der Waals surface area contributed by atoms with Crippen molar-refractivity contribution in [2.75, 3.05) is 19.6 Å². The Labute approximate surface area is 217 Å². The molecule has 3 aromatic rings. The molecule has 0 saturated carbocycles. The van der Waals surface area contributed by atoms with Crippen LogP contribution in [0, 0.1) is 6.92 Å². The number of nitrogens with zero attached hydrogens (tertiary/aromatic N) is 3. The molecule has 1 fully saturated rings. The van der Waals surface area contributed by atoms with Crippen LogP contribution in [0.5, 0.6) is 0 Å². The highest BCUT2D eigenvalue weighted by molar-refractivity contribution is 7.89. The first kappa shape index (κ1) is 26.7. The van der Waals surface area contributed by atoms with Crippen LogP contribution in [0.15, 0.2) is 99.8 Å². The van der Waals surface area contributed by atoms with Crippen molar-refractivity contribution < 1.29 is 21.6 Å². The molecule has 4 rings (SSSR count). The van der Waals surface area contributed by atoms with Crippen molar-refractivity contribution in [1.29, 1.82) is 0 Å². The number of carbonyl (C=O) groups is 1. The highest BCUT2D eigenvalue weighted by Crippen LogP contribution is 2.25. The van der Waals surface area contributed by atoms with Crippen LogP contribution in [0.1, 0.15) is 18.1 Å². The van der Waals surface area contributed by atoms with E-state index < -0.39 is 32.0 Å².